The molecule has 1 unspecified atom stereocenters. The molecule has 1 atom stereocenters. The lowest BCUT2D eigenvalue weighted by atomic mass is 9.97. The summed E-state index contributed by atoms with van der Waals surface area (Å²) in [5.41, 5.74) is 3.14. The minimum Gasteiger partial charge on any atom is -0.406 e. The summed E-state index contributed by atoms with van der Waals surface area (Å²) >= 11 is 0. The molecule has 138 valence electrons. The van der Waals surface area contributed by atoms with Gasteiger partial charge in [0.15, 0.2) is 0 Å². The molecular weight excluding hydrogens is 350 g/mol. The van der Waals surface area contributed by atoms with Gasteiger partial charge in [0.1, 0.15) is 17.9 Å². The molecule has 3 nitrogen and oxygen atoms in total. The number of benzene rings is 2. The van der Waals surface area contributed by atoms with E-state index in [0.29, 0.717) is 19.5 Å². The number of halogens is 4. The summed E-state index contributed by atoms with van der Waals surface area (Å²) in [4.78, 5) is 13.5. The van der Waals surface area contributed by atoms with Gasteiger partial charge >= 0.3 is 6.36 Å². The van der Waals surface area contributed by atoms with E-state index < -0.39 is 12.4 Å². The molecule has 0 amide bonds. The third kappa shape index (κ3) is 3.88. The van der Waals surface area contributed by atoms with Crippen molar-refractivity contribution in [3.05, 3.63) is 64.5 Å². The van der Waals surface area contributed by atoms with E-state index >= 15 is 0 Å². The van der Waals surface area contributed by atoms with Gasteiger partial charge in [-0.05, 0) is 52.9 Å². The average Bonchev–Trinajstić information content (AvgIpc) is 2.91. The fourth-order valence-electron chi connectivity index (χ4n) is 3.38. The SMILES string of the molecule is CCc1cc(F)cc2c1C(C=O)N(Cc1ccc(OC(F)(F)F)cc1)C2. The lowest BCUT2D eigenvalue weighted by molar-refractivity contribution is -0.274. The molecule has 1 heterocycles. The van der Waals surface area contributed by atoms with Crippen molar-refractivity contribution in [1.29, 1.82) is 0 Å². The summed E-state index contributed by atoms with van der Waals surface area (Å²) < 4.78 is 54.3. The highest BCUT2D eigenvalue weighted by Gasteiger charge is 2.33. The lowest BCUT2D eigenvalue weighted by Crippen LogP contribution is -2.23. The van der Waals surface area contributed by atoms with Gasteiger partial charge in [0.25, 0.3) is 0 Å². The standard InChI is InChI=1S/C19H17F4NO2/c1-2-13-7-15(20)8-14-10-24(17(11-25)18(13)14)9-12-3-5-16(6-4-12)26-19(21,22)23/h3-8,11,17H,2,9-10H2,1H3. The Labute approximate surface area is 148 Å². The monoisotopic (exact) mass is 367 g/mol. The maximum Gasteiger partial charge on any atom is 0.573 e. The summed E-state index contributed by atoms with van der Waals surface area (Å²) in [5, 5.41) is 0. The van der Waals surface area contributed by atoms with Crippen LogP contribution in [-0.2, 0) is 24.3 Å². The fraction of sp³-hybridized carbons (Fsp3) is 0.316. The first-order valence-electron chi connectivity index (χ1n) is 8.16. The van der Waals surface area contributed by atoms with Gasteiger partial charge in [-0.2, -0.15) is 0 Å². The summed E-state index contributed by atoms with van der Waals surface area (Å²) in [6, 6.07) is 7.90. The Morgan fingerprint density at radius 2 is 1.92 bits per heavy atom. The van der Waals surface area contributed by atoms with Crippen LogP contribution < -0.4 is 4.74 Å². The summed E-state index contributed by atoms with van der Waals surface area (Å²) in [7, 11) is 0. The Bertz CT molecular complexity index is 802. The van der Waals surface area contributed by atoms with Gasteiger partial charge in [0.05, 0.1) is 6.04 Å². The first kappa shape index (κ1) is 18.4. The Morgan fingerprint density at radius 1 is 1.23 bits per heavy atom. The summed E-state index contributed by atoms with van der Waals surface area (Å²) in [6.45, 7) is 2.67. The second kappa shape index (κ2) is 7.07. The van der Waals surface area contributed by atoms with E-state index in [9.17, 15) is 22.4 Å². The molecule has 1 aliphatic rings. The first-order valence-corrected chi connectivity index (χ1v) is 8.16. The highest BCUT2D eigenvalue weighted by atomic mass is 19.4. The molecule has 0 aromatic heterocycles. The van der Waals surface area contributed by atoms with Crippen LogP contribution in [0.2, 0.25) is 0 Å². The number of aryl methyl sites for hydroxylation is 1. The van der Waals surface area contributed by atoms with Gasteiger partial charge in [-0.25, -0.2) is 4.39 Å². The molecule has 0 radical (unpaired) electrons. The third-order valence-electron chi connectivity index (χ3n) is 4.43. The molecule has 0 spiro atoms. The number of hydrogen-bond acceptors (Lipinski definition) is 3. The number of carbonyl (C=O) groups excluding carboxylic acids is 1. The molecule has 1 aliphatic heterocycles. The van der Waals surface area contributed by atoms with Crippen molar-refractivity contribution in [3.8, 4) is 5.75 Å². The van der Waals surface area contributed by atoms with E-state index in [-0.39, 0.29) is 11.6 Å². The number of ether oxygens (including phenoxy) is 1. The van der Waals surface area contributed by atoms with Gasteiger partial charge in [-0.3, -0.25) is 4.90 Å². The van der Waals surface area contributed by atoms with Crippen LogP contribution in [0.15, 0.2) is 36.4 Å². The lowest BCUT2D eigenvalue weighted by Gasteiger charge is -2.21. The van der Waals surface area contributed by atoms with E-state index in [1.54, 1.807) is 0 Å². The number of nitrogens with zero attached hydrogens (tertiary/aromatic N) is 1. The summed E-state index contributed by atoms with van der Waals surface area (Å²) in [5.74, 6) is -0.631. The molecule has 0 aliphatic carbocycles. The number of alkyl halides is 3. The maximum absolute atomic E-state index is 13.8. The molecule has 2 aromatic rings. The topological polar surface area (TPSA) is 29.5 Å². The number of carbonyl (C=O) groups is 1. The molecule has 26 heavy (non-hydrogen) atoms. The Balaban J connectivity index is 1.79. The number of hydrogen-bond donors (Lipinski definition) is 0. The minimum atomic E-state index is -4.73. The predicted molar refractivity (Wildman–Crippen MR) is 87.0 cm³/mol. The van der Waals surface area contributed by atoms with E-state index in [1.165, 1.54) is 36.4 Å². The van der Waals surface area contributed by atoms with Crippen molar-refractivity contribution in [2.24, 2.45) is 0 Å². The number of rotatable bonds is 5. The highest BCUT2D eigenvalue weighted by molar-refractivity contribution is 5.66. The predicted octanol–water partition coefficient (Wildman–Crippen LogP) is 4.54. The van der Waals surface area contributed by atoms with Crippen molar-refractivity contribution in [3.63, 3.8) is 0 Å². The number of aldehydes is 1. The van der Waals surface area contributed by atoms with Crippen LogP contribution in [-0.4, -0.2) is 17.5 Å². The van der Waals surface area contributed by atoms with E-state index in [1.807, 2.05) is 11.8 Å². The molecule has 0 saturated heterocycles. The molecule has 0 bridgehead atoms. The van der Waals surface area contributed by atoms with Crippen LogP contribution in [0.4, 0.5) is 17.6 Å². The van der Waals surface area contributed by atoms with Gasteiger partial charge in [-0.15, -0.1) is 13.2 Å². The number of fused-ring (bicyclic) bond motifs is 1. The van der Waals surface area contributed by atoms with Crippen molar-refractivity contribution >= 4 is 6.29 Å². The van der Waals surface area contributed by atoms with Crippen molar-refractivity contribution in [2.45, 2.75) is 38.8 Å². The normalized spacial score (nSPS) is 17.2. The van der Waals surface area contributed by atoms with Gasteiger partial charge in [0.2, 0.25) is 0 Å². The van der Waals surface area contributed by atoms with E-state index in [2.05, 4.69) is 4.74 Å². The van der Waals surface area contributed by atoms with Crippen molar-refractivity contribution in [2.75, 3.05) is 0 Å². The Hall–Kier alpha value is -2.41. The van der Waals surface area contributed by atoms with Crippen LogP contribution in [0.1, 0.15) is 35.2 Å². The molecule has 0 fully saturated rings. The largest absolute Gasteiger partial charge is 0.573 e. The molecule has 0 N–H and O–H groups in total. The zero-order chi connectivity index (χ0) is 18.9. The van der Waals surface area contributed by atoms with Crippen LogP contribution >= 0.6 is 0 Å². The minimum absolute atomic E-state index is 0.298. The first-order chi connectivity index (χ1) is 12.3. The van der Waals surface area contributed by atoms with Gasteiger partial charge in [-0.1, -0.05) is 19.1 Å². The second-order valence-corrected chi connectivity index (χ2v) is 6.17. The van der Waals surface area contributed by atoms with E-state index in [0.717, 1.165) is 28.5 Å². The zero-order valence-corrected chi connectivity index (χ0v) is 14.0. The highest BCUT2D eigenvalue weighted by Crippen LogP contribution is 2.37. The van der Waals surface area contributed by atoms with Gasteiger partial charge in [0, 0.05) is 13.1 Å². The van der Waals surface area contributed by atoms with E-state index in [4.69, 9.17) is 0 Å². The second-order valence-electron chi connectivity index (χ2n) is 6.17. The fourth-order valence-corrected chi connectivity index (χ4v) is 3.38. The molecule has 3 rings (SSSR count). The Kier molecular flexibility index (Phi) is 5.00. The van der Waals surface area contributed by atoms with Crippen molar-refractivity contribution < 1.29 is 27.1 Å². The van der Waals surface area contributed by atoms with Gasteiger partial charge < -0.3 is 9.53 Å². The van der Waals surface area contributed by atoms with Crippen LogP contribution in [0.25, 0.3) is 0 Å². The zero-order valence-electron chi connectivity index (χ0n) is 14.0. The van der Waals surface area contributed by atoms with Crippen molar-refractivity contribution in [1.82, 2.24) is 4.90 Å². The molecule has 7 heteroatoms. The van der Waals surface area contributed by atoms with Crippen LogP contribution in [0, 0.1) is 5.82 Å². The maximum atomic E-state index is 13.8. The molecular formula is C19H17F4NO2. The molecule has 0 saturated carbocycles. The average molecular weight is 367 g/mol. The van der Waals surface area contributed by atoms with Crippen LogP contribution in [0.3, 0.4) is 0 Å². The third-order valence-corrected chi connectivity index (χ3v) is 4.43. The van der Waals surface area contributed by atoms with Crippen LogP contribution in [0.5, 0.6) is 5.75 Å². The smallest absolute Gasteiger partial charge is 0.406 e. The Morgan fingerprint density at radius 3 is 2.50 bits per heavy atom. The summed E-state index contributed by atoms with van der Waals surface area (Å²) in [6.07, 6.45) is -3.30. The molecule has 2 aromatic carbocycles. The quantitative estimate of drug-likeness (QED) is 0.574.